The van der Waals surface area contributed by atoms with Gasteiger partial charge in [-0.3, -0.25) is 4.79 Å². The highest BCUT2D eigenvalue weighted by atomic mass is 16.5. The largest absolute Gasteiger partial charge is 0.493 e. The van der Waals surface area contributed by atoms with Crippen LogP contribution in [0.15, 0.2) is 18.2 Å². The first-order valence-corrected chi connectivity index (χ1v) is 6.22. The third kappa shape index (κ3) is 3.47. The lowest BCUT2D eigenvalue weighted by molar-refractivity contribution is -0.125. The molecule has 0 atom stereocenters. The lowest BCUT2D eigenvalue weighted by Crippen LogP contribution is -2.48. The minimum Gasteiger partial charge on any atom is -0.493 e. The molecule has 1 heterocycles. The Morgan fingerprint density at radius 2 is 2.17 bits per heavy atom. The molecule has 0 saturated carbocycles. The van der Waals surface area contributed by atoms with Gasteiger partial charge in [0, 0.05) is 0 Å². The van der Waals surface area contributed by atoms with Gasteiger partial charge in [-0.1, -0.05) is 6.07 Å². The molecular formula is C14H19NO3. The van der Waals surface area contributed by atoms with Crippen molar-refractivity contribution < 1.29 is 14.3 Å². The number of nitrogens with one attached hydrogen (secondary N) is 1. The number of hydrogen-bond donors (Lipinski definition) is 1. The lowest BCUT2D eigenvalue weighted by Gasteiger charge is -2.26. The van der Waals surface area contributed by atoms with Crippen molar-refractivity contribution in [1.82, 2.24) is 5.32 Å². The van der Waals surface area contributed by atoms with E-state index in [-0.39, 0.29) is 11.9 Å². The summed E-state index contributed by atoms with van der Waals surface area (Å²) in [6.07, 6.45) is 0.378. The first-order valence-electron chi connectivity index (χ1n) is 6.22. The van der Waals surface area contributed by atoms with Gasteiger partial charge in [0.2, 0.25) is 5.91 Å². The molecule has 1 aliphatic heterocycles. The van der Waals surface area contributed by atoms with Crippen LogP contribution in [-0.4, -0.2) is 31.8 Å². The van der Waals surface area contributed by atoms with Gasteiger partial charge in [-0.15, -0.1) is 0 Å². The van der Waals surface area contributed by atoms with E-state index in [4.69, 9.17) is 9.47 Å². The molecule has 0 unspecified atom stereocenters. The topological polar surface area (TPSA) is 47.6 Å². The molecule has 1 saturated heterocycles. The molecule has 0 aliphatic carbocycles. The number of benzene rings is 1. The minimum atomic E-state index is 0.0205. The van der Waals surface area contributed by atoms with Gasteiger partial charge in [0.1, 0.15) is 5.75 Å². The minimum absolute atomic E-state index is 0.0205. The summed E-state index contributed by atoms with van der Waals surface area (Å²) >= 11 is 0. The molecular weight excluding hydrogens is 230 g/mol. The normalized spacial score (nSPS) is 15.0. The van der Waals surface area contributed by atoms with Crippen LogP contribution < -0.4 is 10.1 Å². The standard InChI is InChI=1S/C14H19NO3/c1-10-3-4-13(7-11(10)2)18-6-5-14(16)15-12-8-17-9-12/h3-4,7,12H,5-6,8-9H2,1-2H3,(H,15,16). The predicted molar refractivity (Wildman–Crippen MR) is 68.8 cm³/mol. The molecule has 0 aromatic heterocycles. The molecule has 1 amide bonds. The van der Waals surface area contributed by atoms with Crippen LogP contribution in [0.5, 0.6) is 5.75 Å². The Bertz CT molecular complexity index is 427. The predicted octanol–water partition coefficient (Wildman–Crippen LogP) is 1.59. The van der Waals surface area contributed by atoms with Crippen molar-refractivity contribution in [2.45, 2.75) is 26.3 Å². The van der Waals surface area contributed by atoms with Crippen LogP contribution in [0.3, 0.4) is 0 Å². The third-order valence-corrected chi connectivity index (χ3v) is 3.08. The van der Waals surface area contributed by atoms with Crippen molar-refractivity contribution in [3.05, 3.63) is 29.3 Å². The van der Waals surface area contributed by atoms with Crippen molar-refractivity contribution >= 4 is 5.91 Å². The van der Waals surface area contributed by atoms with E-state index >= 15 is 0 Å². The molecule has 4 nitrogen and oxygen atoms in total. The summed E-state index contributed by atoms with van der Waals surface area (Å²) in [7, 11) is 0. The van der Waals surface area contributed by atoms with Gasteiger partial charge in [-0.05, 0) is 37.1 Å². The Labute approximate surface area is 107 Å². The fourth-order valence-corrected chi connectivity index (χ4v) is 1.68. The number of aryl methyl sites for hydroxylation is 2. The number of hydrogen-bond acceptors (Lipinski definition) is 3. The van der Waals surface area contributed by atoms with Gasteiger partial charge in [0.15, 0.2) is 0 Å². The SMILES string of the molecule is Cc1ccc(OCCC(=O)NC2COC2)cc1C. The Kier molecular flexibility index (Phi) is 4.20. The highest BCUT2D eigenvalue weighted by Gasteiger charge is 2.19. The van der Waals surface area contributed by atoms with E-state index in [1.807, 2.05) is 25.1 Å². The Morgan fingerprint density at radius 3 is 2.78 bits per heavy atom. The summed E-state index contributed by atoms with van der Waals surface area (Å²) in [6.45, 7) is 5.77. The number of carbonyl (C=O) groups excluding carboxylic acids is 1. The molecule has 1 N–H and O–H groups in total. The summed E-state index contributed by atoms with van der Waals surface area (Å²) in [5.74, 6) is 0.838. The van der Waals surface area contributed by atoms with E-state index in [9.17, 15) is 4.79 Å². The van der Waals surface area contributed by atoms with Gasteiger partial charge >= 0.3 is 0 Å². The van der Waals surface area contributed by atoms with E-state index in [2.05, 4.69) is 12.2 Å². The highest BCUT2D eigenvalue weighted by molar-refractivity contribution is 5.76. The van der Waals surface area contributed by atoms with Gasteiger partial charge in [-0.2, -0.15) is 0 Å². The zero-order valence-electron chi connectivity index (χ0n) is 10.9. The zero-order valence-corrected chi connectivity index (χ0v) is 10.9. The molecule has 1 fully saturated rings. The van der Waals surface area contributed by atoms with Crippen molar-refractivity contribution in [1.29, 1.82) is 0 Å². The van der Waals surface area contributed by atoms with Gasteiger partial charge in [0.25, 0.3) is 0 Å². The molecule has 98 valence electrons. The summed E-state index contributed by atoms with van der Waals surface area (Å²) in [5.41, 5.74) is 2.44. The Morgan fingerprint density at radius 1 is 1.39 bits per heavy atom. The molecule has 0 radical (unpaired) electrons. The van der Waals surface area contributed by atoms with Crippen molar-refractivity contribution in [2.24, 2.45) is 0 Å². The molecule has 4 heteroatoms. The van der Waals surface area contributed by atoms with E-state index < -0.39 is 0 Å². The first kappa shape index (κ1) is 12.9. The zero-order chi connectivity index (χ0) is 13.0. The van der Waals surface area contributed by atoms with Crippen LogP contribution in [0.4, 0.5) is 0 Å². The molecule has 2 rings (SSSR count). The Balaban J connectivity index is 1.70. The van der Waals surface area contributed by atoms with E-state index in [0.717, 1.165) is 5.75 Å². The number of amides is 1. The van der Waals surface area contributed by atoms with E-state index in [0.29, 0.717) is 26.2 Å². The van der Waals surface area contributed by atoms with Crippen molar-refractivity contribution in [3.8, 4) is 5.75 Å². The number of carbonyl (C=O) groups is 1. The summed E-state index contributed by atoms with van der Waals surface area (Å²) in [5, 5.41) is 2.88. The first-order chi connectivity index (χ1) is 8.65. The smallest absolute Gasteiger partial charge is 0.223 e. The number of rotatable bonds is 5. The monoisotopic (exact) mass is 249 g/mol. The molecule has 18 heavy (non-hydrogen) atoms. The fourth-order valence-electron chi connectivity index (χ4n) is 1.68. The van der Waals surface area contributed by atoms with E-state index in [1.54, 1.807) is 0 Å². The molecule has 1 aromatic carbocycles. The van der Waals surface area contributed by atoms with E-state index in [1.165, 1.54) is 11.1 Å². The second-order valence-electron chi connectivity index (χ2n) is 4.65. The van der Waals surface area contributed by atoms with Crippen molar-refractivity contribution in [3.63, 3.8) is 0 Å². The molecule has 1 aliphatic rings. The molecule has 1 aromatic rings. The van der Waals surface area contributed by atoms with Gasteiger partial charge < -0.3 is 14.8 Å². The highest BCUT2D eigenvalue weighted by Crippen LogP contribution is 2.16. The van der Waals surface area contributed by atoms with Crippen LogP contribution >= 0.6 is 0 Å². The lowest BCUT2D eigenvalue weighted by atomic mass is 10.1. The number of ether oxygens (including phenoxy) is 2. The summed E-state index contributed by atoms with van der Waals surface area (Å²) in [4.78, 5) is 11.5. The molecule has 0 spiro atoms. The maximum atomic E-state index is 11.5. The van der Waals surface area contributed by atoms with Crippen LogP contribution in [-0.2, 0) is 9.53 Å². The van der Waals surface area contributed by atoms with Gasteiger partial charge in [0.05, 0.1) is 32.3 Å². The fraction of sp³-hybridized carbons (Fsp3) is 0.500. The maximum absolute atomic E-state index is 11.5. The van der Waals surface area contributed by atoms with Crippen molar-refractivity contribution in [2.75, 3.05) is 19.8 Å². The maximum Gasteiger partial charge on any atom is 0.223 e. The quantitative estimate of drug-likeness (QED) is 0.862. The Hall–Kier alpha value is -1.55. The summed E-state index contributed by atoms with van der Waals surface area (Å²) in [6, 6.07) is 6.14. The van der Waals surface area contributed by atoms with Crippen LogP contribution in [0.25, 0.3) is 0 Å². The second-order valence-corrected chi connectivity index (χ2v) is 4.65. The summed E-state index contributed by atoms with van der Waals surface area (Å²) < 4.78 is 10.5. The average molecular weight is 249 g/mol. The van der Waals surface area contributed by atoms with Crippen LogP contribution in [0.2, 0.25) is 0 Å². The second kappa shape index (κ2) is 5.87. The van der Waals surface area contributed by atoms with Gasteiger partial charge in [-0.25, -0.2) is 0 Å². The van der Waals surface area contributed by atoms with Crippen LogP contribution in [0, 0.1) is 13.8 Å². The average Bonchev–Trinajstić information content (AvgIpc) is 2.28. The molecule has 0 bridgehead atoms. The third-order valence-electron chi connectivity index (χ3n) is 3.08. The van der Waals surface area contributed by atoms with Crippen LogP contribution in [0.1, 0.15) is 17.5 Å².